The number of benzene rings is 2. The number of anilines is 2. The lowest BCUT2D eigenvalue weighted by molar-refractivity contribution is 0.102. The molecule has 0 fully saturated rings. The highest BCUT2D eigenvalue weighted by Gasteiger charge is 2.11. The summed E-state index contributed by atoms with van der Waals surface area (Å²) in [4.78, 5) is 21.0. The fourth-order valence-electron chi connectivity index (χ4n) is 2.44. The van der Waals surface area contributed by atoms with Crippen molar-refractivity contribution in [3.63, 3.8) is 0 Å². The zero-order valence-corrected chi connectivity index (χ0v) is 15.7. The van der Waals surface area contributed by atoms with Crippen molar-refractivity contribution in [1.82, 2.24) is 9.97 Å². The van der Waals surface area contributed by atoms with Gasteiger partial charge in [-0.3, -0.25) is 4.79 Å². The Morgan fingerprint density at radius 1 is 1.07 bits per heavy atom. The van der Waals surface area contributed by atoms with Gasteiger partial charge in [0.25, 0.3) is 5.91 Å². The second-order valence-electron chi connectivity index (χ2n) is 5.85. The van der Waals surface area contributed by atoms with E-state index in [1.54, 1.807) is 44.4 Å². The number of hydrogen-bond donors (Lipinski definition) is 2. The molecule has 27 heavy (non-hydrogen) atoms. The Morgan fingerprint density at radius 3 is 2.44 bits per heavy atom. The fraction of sp³-hybridized carbons (Fsp3) is 0.150. The molecular weight excluding hydrogens is 364 g/mol. The van der Waals surface area contributed by atoms with E-state index in [9.17, 15) is 4.79 Å². The summed E-state index contributed by atoms with van der Waals surface area (Å²) < 4.78 is 5.15. The summed E-state index contributed by atoms with van der Waals surface area (Å²) in [6.45, 7) is 2.32. The minimum absolute atomic E-state index is 0.287. The number of amides is 1. The Labute approximate surface area is 162 Å². The molecular formula is C20H19ClN4O2. The van der Waals surface area contributed by atoms with Crippen LogP contribution in [0, 0.1) is 6.92 Å². The molecule has 0 aliphatic carbocycles. The van der Waals surface area contributed by atoms with E-state index in [0.29, 0.717) is 28.9 Å². The highest BCUT2D eigenvalue weighted by molar-refractivity contribution is 6.30. The molecule has 0 spiro atoms. The molecule has 6 nitrogen and oxygen atoms in total. The molecule has 2 aromatic carbocycles. The van der Waals surface area contributed by atoms with Crippen molar-refractivity contribution in [2.75, 3.05) is 17.7 Å². The van der Waals surface area contributed by atoms with Crippen molar-refractivity contribution in [1.29, 1.82) is 0 Å². The summed E-state index contributed by atoms with van der Waals surface area (Å²) in [5, 5.41) is 6.62. The van der Waals surface area contributed by atoms with Crippen molar-refractivity contribution >= 4 is 29.0 Å². The summed E-state index contributed by atoms with van der Waals surface area (Å²) in [5.41, 5.74) is 2.00. The standard InChI is InChI=1S/C20H19ClN4O2/c1-13-23-18(20(26)25-16-7-5-15(21)6-8-16)11-19(24-13)22-12-14-3-9-17(27-2)10-4-14/h3-11H,12H2,1-2H3,(H,25,26)(H,22,23,24). The van der Waals surface area contributed by atoms with E-state index in [2.05, 4.69) is 20.6 Å². The lowest BCUT2D eigenvalue weighted by atomic mass is 10.2. The summed E-state index contributed by atoms with van der Waals surface area (Å²) in [6.07, 6.45) is 0. The first-order valence-electron chi connectivity index (χ1n) is 8.33. The number of carbonyl (C=O) groups excluding carboxylic acids is 1. The summed E-state index contributed by atoms with van der Waals surface area (Å²) >= 11 is 5.86. The summed E-state index contributed by atoms with van der Waals surface area (Å²) in [5.74, 6) is 1.59. The van der Waals surface area contributed by atoms with Gasteiger partial charge in [-0.1, -0.05) is 23.7 Å². The number of nitrogens with one attached hydrogen (secondary N) is 2. The van der Waals surface area contributed by atoms with Crippen LogP contribution in [0.1, 0.15) is 21.9 Å². The van der Waals surface area contributed by atoms with E-state index < -0.39 is 0 Å². The Bertz CT molecular complexity index is 928. The molecule has 1 heterocycles. The second-order valence-corrected chi connectivity index (χ2v) is 6.28. The highest BCUT2D eigenvalue weighted by Crippen LogP contribution is 2.16. The van der Waals surface area contributed by atoms with Gasteiger partial charge in [-0.05, 0) is 48.9 Å². The van der Waals surface area contributed by atoms with Gasteiger partial charge in [-0.15, -0.1) is 0 Å². The first-order valence-corrected chi connectivity index (χ1v) is 8.71. The maximum atomic E-state index is 12.5. The number of aryl methyl sites for hydroxylation is 1. The van der Waals surface area contributed by atoms with Gasteiger partial charge in [0, 0.05) is 23.3 Å². The molecule has 0 saturated carbocycles. The van der Waals surface area contributed by atoms with Crippen LogP contribution in [0.3, 0.4) is 0 Å². The van der Waals surface area contributed by atoms with Crippen molar-refractivity contribution in [2.45, 2.75) is 13.5 Å². The van der Waals surface area contributed by atoms with Crippen LogP contribution in [0.5, 0.6) is 5.75 Å². The van der Waals surface area contributed by atoms with Crippen LogP contribution in [-0.2, 0) is 6.54 Å². The van der Waals surface area contributed by atoms with Crippen molar-refractivity contribution in [3.05, 3.63) is 76.7 Å². The van der Waals surface area contributed by atoms with E-state index >= 15 is 0 Å². The smallest absolute Gasteiger partial charge is 0.274 e. The summed E-state index contributed by atoms with van der Waals surface area (Å²) in [6, 6.07) is 16.2. The number of halogens is 1. The Balaban J connectivity index is 1.69. The lowest BCUT2D eigenvalue weighted by Crippen LogP contribution is -2.15. The van der Waals surface area contributed by atoms with E-state index in [0.717, 1.165) is 11.3 Å². The molecule has 3 rings (SSSR count). The molecule has 1 aromatic heterocycles. The Hall–Kier alpha value is -3.12. The third-order valence-electron chi connectivity index (χ3n) is 3.81. The van der Waals surface area contributed by atoms with E-state index in [1.165, 1.54) is 0 Å². The van der Waals surface area contributed by atoms with Gasteiger partial charge in [-0.25, -0.2) is 9.97 Å². The highest BCUT2D eigenvalue weighted by atomic mass is 35.5. The first kappa shape index (κ1) is 18.7. The molecule has 0 aliphatic heterocycles. The minimum Gasteiger partial charge on any atom is -0.497 e. The molecule has 138 valence electrons. The topological polar surface area (TPSA) is 76.1 Å². The van der Waals surface area contributed by atoms with E-state index in [1.807, 2.05) is 24.3 Å². The van der Waals surface area contributed by atoms with Crippen molar-refractivity contribution in [3.8, 4) is 5.75 Å². The third kappa shape index (κ3) is 5.18. The molecule has 1 amide bonds. The minimum atomic E-state index is -0.310. The zero-order chi connectivity index (χ0) is 19.2. The third-order valence-corrected chi connectivity index (χ3v) is 4.06. The number of carbonyl (C=O) groups is 1. The van der Waals surface area contributed by atoms with Crippen LogP contribution in [0.4, 0.5) is 11.5 Å². The van der Waals surface area contributed by atoms with Gasteiger partial charge in [-0.2, -0.15) is 0 Å². The molecule has 0 aliphatic rings. The van der Waals surface area contributed by atoms with Crippen LogP contribution in [0.2, 0.25) is 5.02 Å². The molecule has 0 unspecified atom stereocenters. The van der Waals surface area contributed by atoms with Gasteiger partial charge in [0.15, 0.2) is 0 Å². The fourth-order valence-corrected chi connectivity index (χ4v) is 2.56. The summed E-state index contributed by atoms with van der Waals surface area (Å²) in [7, 11) is 1.63. The van der Waals surface area contributed by atoms with Crippen molar-refractivity contribution in [2.24, 2.45) is 0 Å². The van der Waals surface area contributed by atoms with Crippen LogP contribution < -0.4 is 15.4 Å². The molecule has 3 aromatic rings. The predicted molar refractivity (Wildman–Crippen MR) is 106 cm³/mol. The Kier molecular flexibility index (Phi) is 5.88. The van der Waals surface area contributed by atoms with Crippen molar-refractivity contribution < 1.29 is 9.53 Å². The second kappa shape index (κ2) is 8.51. The zero-order valence-electron chi connectivity index (χ0n) is 15.0. The van der Waals surface area contributed by atoms with E-state index in [-0.39, 0.29) is 11.6 Å². The van der Waals surface area contributed by atoms with Crippen LogP contribution in [-0.4, -0.2) is 23.0 Å². The monoisotopic (exact) mass is 382 g/mol. The number of nitrogens with zero attached hydrogens (tertiary/aromatic N) is 2. The van der Waals surface area contributed by atoms with Gasteiger partial charge in [0.1, 0.15) is 23.1 Å². The van der Waals surface area contributed by atoms with Gasteiger partial charge < -0.3 is 15.4 Å². The molecule has 0 radical (unpaired) electrons. The number of methoxy groups -OCH3 is 1. The van der Waals surface area contributed by atoms with Gasteiger partial charge in [0.2, 0.25) is 0 Å². The number of rotatable bonds is 6. The molecule has 2 N–H and O–H groups in total. The normalized spacial score (nSPS) is 10.3. The number of aromatic nitrogens is 2. The average molecular weight is 383 g/mol. The van der Waals surface area contributed by atoms with E-state index in [4.69, 9.17) is 16.3 Å². The quantitative estimate of drug-likeness (QED) is 0.664. The lowest BCUT2D eigenvalue weighted by Gasteiger charge is -2.10. The number of hydrogen-bond acceptors (Lipinski definition) is 5. The van der Waals surface area contributed by atoms with Gasteiger partial charge in [0.05, 0.1) is 7.11 Å². The number of ether oxygens (including phenoxy) is 1. The maximum absolute atomic E-state index is 12.5. The molecule has 0 bridgehead atoms. The SMILES string of the molecule is COc1ccc(CNc2cc(C(=O)Nc3ccc(Cl)cc3)nc(C)n2)cc1. The predicted octanol–water partition coefficient (Wildman–Crippen LogP) is 4.31. The molecule has 0 saturated heterocycles. The molecule has 0 atom stereocenters. The largest absolute Gasteiger partial charge is 0.497 e. The first-order chi connectivity index (χ1) is 13.0. The maximum Gasteiger partial charge on any atom is 0.274 e. The average Bonchev–Trinajstić information content (AvgIpc) is 2.68. The van der Waals surface area contributed by atoms with Crippen LogP contribution in [0.15, 0.2) is 54.6 Å². The van der Waals surface area contributed by atoms with Crippen LogP contribution in [0.25, 0.3) is 0 Å². The Morgan fingerprint density at radius 2 is 1.78 bits per heavy atom. The van der Waals surface area contributed by atoms with Gasteiger partial charge >= 0.3 is 0 Å². The molecule has 7 heteroatoms. The van der Waals surface area contributed by atoms with Crippen LogP contribution >= 0.6 is 11.6 Å².